The fraction of sp³-hybridized carbons (Fsp3) is 0.692. The zero-order valence-corrected chi connectivity index (χ0v) is 11.1. The minimum atomic E-state index is -0.0486. The molecule has 2 aliphatic rings. The smallest absolute Gasteiger partial charge is 0.259 e. The van der Waals surface area contributed by atoms with Crippen LogP contribution in [0.3, 0.4) is 0 Å². The molecule has 1 aromatic rings. The Bertz CT molecular complexity index is 481. The summed E-state index contributed by atoms with van der Waals surface area (Å²) in [4.78, 5) is 14.3. The number of carbonyl (C=O) groups excluding carboxylic acids is 1. The number of carbonyl (C=O) groups is 1. The van der Waals surface area contributed by atoms with Crippen LogP contribution in [0.25, 0.3) is 0 Å². The molecule has 1 saturated carbocycles. The Balaban J connectivity index is 1.76. The second-order valence-corrected chi connectivity index (χ2v) is 5.62. The fourth-order valence-electron chi connectivity index (χ4n) is 3.15. The third kappa shape index (κ3) is 1.95. The van der Waals surface area contributed by atoms with E-state index < -0.39 is 0 Å². The Morgan fingerprint density at radius 2 is 2.47 bits per heavy atom. The van der Waals surface area contributed by atoms with Gasteiger partial charge >= 0.3 is 0 Å². The summed E-state index contributed by atoms with van der Waals surface area (Å²) in [6.07, 6.45) is 4.88. The lowest BCUT2D eigenvalue weighted by atomic mass is 9.66. The summed E-state index contributed by atoms with van der Waals surface area (Å²) < 4.78 is 9.91. The summed E-state index contributed by atoms with van der Waals surface area (Å²) in [5, 5.41) is 3.81. The van der Waals surface area contributed by atoms with E-state index in [1.54, 1.807) is 7.11 Å². The molecule has 6 heteroatoms. The van der Waals surface area contributed by atoms with Gasteiger partial charge in [0.1, 0.15) is 17.5 Å². The highest BCUT2D eigenvalue weighted by atomic mass is 16.5. The fourth-order valence-corrected chi connectivity index (χ4v) is 3.15. The van der Waals surface area contributed by atoms with Crippen LogP contribution in [0.2, 0.25) is 0 Å². The van der Waals surface area contributed by atoms with E-state index in [4.69, 9.17) is 15.0 Å². The third-order valence-electron chi connectivity index (χ3n) is 4.50. The van der Waals surface area contributed by atoms with Crippen LogP contribution in [0.5, 0.6) is 0 Å². The van der Waals surface area contributed by atoms with Crippen molar-refractivity contribution in [3.05, 3.63) is 17.5 Å². The van der Waals surface area contributed by atoms with E-state index >= 15 is 0 Å². The van der Waals surface area contributed by atoms with E-state index in [1.165, 1.54) is 12.7 Å². The largest absolute Gasteiger partial charge is 0.378 e. The number of likely N-dealkylation sites (tertiary alicyclic amines) is 1. The van der Waals surface area contributed by atoms with E-state index in [0.717, 1.165) is 19.4 Å². The SMILES string of the molecule is COCc1nocc1C(=O)N1CC(N)C2(CCC2)C1. The van der Waals surface area contributed by atoms with Crippen molar-refractivity contribution >= 4 is 5.91 Å². The van der Waals surface area contributed by atoms with Gasteiger partial charge in [0.2, 0.25) is 0 Å². The molecule has 0 bridgehead atoms. The highest BCUT2D eigenvalue weighted by molar-refractivity contribution is 5.95. The Hall–Kier alpha value is -1.40. The predicted molar refractivity (Wildman–Crippen MR) is 67.4 cm³/mol. The molecule has 2 N–H and O–H groups in total. The Morgan fingerprint density at radius 1 is 1.68 bits per heavy atom. The molecular weight excluding hydrogens is 246 g/mol. The molecule has 6 nitrogen and oxygen atoms in total. The monoisotopic (exact) mass is 265 g/mol. The first kappa shape index (κ1) is 12.6. The summed E-state index contributed by atoms with van der Waals surface area (Å²) >= 11 is 0. The van der Waals surface area contributed by atoms with Crippen LogP contribution in [-0.4, -0.2) is 42.2 Å². The van der Waals surface area contributed by atoms with Crippen molar-refractivity contribution in [2.75, 3.05) is 20.2 Å². The lowest BCUT2D eigenvalue weighted by molar-refractivity contribution is 0.0722. The number of methoxy groups -OCH3 is 1. The zero-order valence-electron chi connectivity index (χ0n) is 11.1. The van der Waals surface area contributed by atoms with Crippen molar-refractivity contribution in [2.45, 2.75) is 31.9 Å². The molecule has 1 aliphatic carbocycles. The van der Waals surface area contributed by atoms with Crippen LogP contribution in [-0.2, 0) is 11.3 Å². The number of ether oxygens (including phenoxy) is 1. The minimum Gasteiger partial charge on any atom is -0.378 e. The molecule has 1 aromatic heterocycles. The average molecular weight is 265 g/mol. The van der Waals surface area contributed by atoms with Crippen molar-refractivity contribution < 1.29 is 14.1 Å². The molecule has 1 unspecified atom stereocenters. The molecule has 2 heterocycles. The summed E-state index contributed by atoms with van der Waals surface area (Å²) in [6.45, 7) is 1.66. The summed E-state index contributed by atoms with van der Waals surface area (Å²) in [7, 11) is 1.57. The molecule has 1 spiro atoms. The molecule has 19 heavy (non-hydrogen) atoms. The second-order valence-electron chi connectivity index (χ2n) is 5.62. The summed E-state index contributed by atoms with van der Waals surface area (Å²) in [5.74, 6) is -0.0486. The third-order valence-corrected chi connectivity index (χ3v) is 4.50. The first-order chi connectivity index (χ1) is 9.16. The van der Waals surface area contributed by atoms with Gasteiger partial charge in [-0.1, -0.05) is 11.6 Å². The van der Waals surface area contributed by atoms with Gasteiger partial charge in [-0.2, -0.15) is 0 Å². The standard InChI is InChI=1S/C13H19N3O3/c1-18-7-10-9(6-19-15-10)12(17)16-5-11(14)13(8-16)3-2-4-13/h6,11H,2-5,7-8,14H2,1H3. The normalized spacial score (nSPS) is 24.7. The average Bonchev–Trinajstić information content (AvgIpc) is 2.92. The zero-order chi connectivity index (χ0) is 13.5. The van der Waals surface area contributed by atoms with Gasteiger partial charge in [0.15, 0.2) is 0 Å². The van der Waals surface area contributed by atoms with Gasteiger partial charge in [-0.3, -0.25) is 4.79 Å². The Morgan fingerprint density at radius 3 is 3.05 bits per heavy atom. The molecule has 0 aromatic carbocycles. The minimum absolute atomic E-state index is 0.0486. The Labute approximate surface area is 111 Å². The number of amides is 1. The number of nitrogens with zero attached hydrogens (tertiary/aromatic N) is 2. The van der Waals surface area contributed by atoms with Crippen LogP contribution in [0.4, 0.5) is 0 Å². The van der Waals surface area contributed by atoms with Crippen LogP contribution in [0.1, 0.15) is 35.3 Å². The van der Waals surface area contributed by atoms with E-state index in [0.29, 0.717) is 17.8 Å². The topological polar surface area (TPSA) is 81.6 Å². The van der Waals surface area contributed by atoms with Crippen molar-refractivity contribution in [3.8, 4) is 0 Å². The van der Waals surface area contributed by atoms with Gasteiger partial charge in [-0.05, 0) is 12.8 Å². The molecule has 1 saturated heterocycles. The van der Waals surface area contributed by atoms with Crippen LogP contribution in [0.15, 0.2) is 10.8 Å². The summed E-state index contributed by atoms with van der Waals surface area (Å²) in [6, 6.07) is 0.0935. The van der Waals surface area contributed by atoms with Gasteiger partial charge in [-0.25, -0.2) is 0 Å². The highest BCUT2D eigenvalue weighted by Gasteiger charge is 2.50. The van der Waals surface area contributed by atoms with E-state index in [9.17, 15) is 4.79 Å². The van der Waals surface area contributed by atoms with E-state index in [2.05, 4.69) is 5.16 Å². The maximum absolute atomic E-state index is 12.5. The van der Waals surface area contributed by atoms with Crippen molar-refractivity contribution in [1.82, 2.24) is 10.1 Å². The van der Waals surface area contributed by atoms with Gasteiger partial charge in [-0.15, -0.1) is 0 Å². The van der Waals surface area contributed by atoms with Crippen LogP contribution in [0, 0.1) is 5.41 Å². The molecule has 0 radical (unpaired) electrons. The van der Waals surface area contributed by atoms with Gasteiger partial charge in [0.25, 0.3) is 5.91 Å². The van der Waals surface area contributed by atoms with Crippen LogP contribution >= 0.6 is 0 Å². The lowest BCUT2D eigenvalue weighted by Crippen LogP contribution is -2.45. The number of aromatic nitrogens is 1. The van der Waals surface area contributed by atoms with Gasteiger partial charge in [0, 0.05) is 31.7 Å². The highest BCUT2D eigenvalue weighted by Crippen LogP contribution is 2.47. The second kappa shape index (κ2) is 4.61. The maximum atomic E-state index is 12.5. The molecule has 1 amide bonds. The van der Waals surface area contributed by atoms with Crippen molar-refractivity contribution in [3.63, 3.8) is 0 Å². The van der Waals surface area contributed by atoms with Crippen LogP contribution < -0.4 is 5.73 Å². The molecule has 2 fully saturated rings. The number of hydrogen-bond donors (Lipinski definition) is 1. The molecular formula is C13H19N3O3. The number of nitrogens with two attached hydrogens (primary N) is 1. The van der Waals surface area contributed by atoms with Crippen molar-refractivity contribution in [2.24, 2.45) is 11.1 Å². The number of hydrogen-bond acceptors (Lipinski definition) is 5. The predicted octanol–water partition coefficient (Wildman–Crippen LogP) is 0.774. The Kier molecular flexibility index (Phi) is 3.06. The van der Waals surface area contributed by atoms with Gasteiger partial charge in [0.05, 0.1) is 6.61 Å². The van der Waals surface area contributed by atoms with E-state index in [-0.39, 0.29) is 24.0 Å². The lowest BCUT2D eigenvalue weighted by Gasteiger charge is -2.41. The molecule has 104 valence electrons. The maximum Gasteiger partial charge on any atom is 0.259 e. The molecule has 1 aliphatic heterocycles. The number of rotatable bonds is 3. The van der Waals surface area contributed by atoms with E-state index in [1.807, 2.05) is 4.90 Å². The first-order valence-electron chi connectivity index (χ1n) is 6.63. The quantitative estimate of drug-likeness (QED) is 0.873. The molecule has 3 rings (SSSR count). The molecule has 1 atom stereocenters. The van der Waals surface area contributed by atoms with Crippen molar-refractivity contribution in [1.29, 1.82) is 0 Å². The first-order valence-corrected chi connectivity index (χ1v) is 6.63. The van der Waals surface area contributed by atoms with Gasteiger partial charge < -0.3 is 19.9 Å². The summed E-state index contributed by atoms with van der Waals surface area (Å²) in [5.41, 5.74) is 7.40.